The first-order chi connectivity index (χ1) is 12.5. The molecular formula is C19H14FN3O3. The van der Waals surface area contributed by atoms with Crippen LogP contribution >= 0.6 is 0 Å². The number of amides is 1. The summed E-state index contributed by atoms with van der Waals surface area (Å²) < 4.78 is 20.2. The highest BCUT2D eigenvalue weighted by atomic mass is 19.1. The minimum Gasteiger partial charge on any atom is -0.482 e. The summed E-state index contributed by atoms with van der Waals surface area (Å²) in [6.07, 6.45) is 0. The van der Waals surface area contributed by atoms with Gasteiger partial charge in [0.1, 0.15) is 17.3 Å². The lowest BCUT2D eigenvalue weighted by molar-refractivity contribution is -0.118. The number of aromatic nitrogens is 2. The van der Waals surface area contributed by atoms with E-state index in [9.17, 15) is 14.0 Å². The fourth-order valence-electron chi connectivity index (χ4n) is 2.78. The van der Waals surface area contributed by atoms with E-state index in [0.717, 1.165) is 5.56 Å². The molecule has 0 unspecified atom stereocenters. The highest BCUT2D eigenvalue weighted by molar-refractivity contribution is 5.97. The molecule has 1 aliphatic rings. The van der Waals surface area contributed by atoms with Crippen LogP contribution in [0.25, 0.3) is 16.9 Å². The van der Waals surface area contributed by atoms with E-state index in [4.69, 9.17) is 4.74 Å². The number of fused-ring (bicyclic) bond motifs is 1. The number of rotatable bonds is 3. The number of benzene rings is 2. The highest BCUT2D eigenvalue weighted by Crippen LogP contribution is 2.33. The Hall–Kier alpha value is -3.48. The lowest BCUT2D eigenvalue weighted by atomic mass is 10.1. The number of carbonyl (C=O) groups is 2. The molecule has 1 aliphatic heterocycles. The van der Waals surface area contributed by atoms with Gasteiger partial charge >= 0.3 is 0 Å². The summed E-state index contributed by atoms with van der Waals surface area (Å²) in [6, 6.07) is 12.8. The van der Waals surface area contributed by atoms with Gasteiger partial charge in [0.15, 0.2) is 12.4 Å². The Balaban J connectivity index is 1.85. The fourth-order valence-corrected chi connectivity index (χ4v) is 2.78. The summed E-state index contributed by atoms with van der Waals surface area (Å²) in [5.74, 6) is -0.191. The molecule has 6 nitrogen and oxygen atoms in total. The molecule has 1 amide bonds. The number of nitrogens with zero attached hydrogens (tertiary/aromatic N) is 2. The standard InChI is InChI=1S/C19H14FN3O3/c1-11(24)15-9-17(23(22-15)14-5-3-13(20)4-6-14)12-2-7-18-16(8-12)21-19(25)10-26-18/h2-9H,10H2,1H3,(H,21,25). The van der Waals surface area contributed by atoms with Crippen molar-refractivity contribution in [1.29, 1.82) is 0 Å². The molecule has 2 aromatic carbocycles. The Morgan fingerprint density at radius 3 is 2.69 bits per heavy atom. The maximum absolute atomic E-state index is 13.2. The SMILES string of the molecule is CC(=O)c1cc(-c2ccc3c(c2)NC(=O)CO3)n(-c2ccc(F)cc2)n1. The number of nitrogens with one attached hydrogen (secondary N) is 1. The smallest absolute Gasteiger partial charge is 0.262 e. The van der Waals surface area contributed by atoms with Gasteiger partial charge in [-0.05, 0) is 48.5 Å². The van der Waals surface area contributed by atoms with Crippen molar-refractivity contribution in [2.45, 2.75) is 6.92 Å². The predicted octanol–water partition coefficient (Wildman–Crippen LogP) is 3.21. The van der Waals surface area contributed by atoms with E-state index < -0.39 is 0 Å². The van der Waals surface area contributed by atoms with Crippen LogP contribution in [0.1, 0.15) is 17.4 Å². The first-order valence-electron chi connectivity index (χ1n) is 7.95. The minimum atomic E-state index is -0.358. The van der Waals surface area contributed by atoms with E-state index in [1.807, 2.05) is 6.07 Å². The molecule has 0 fully saturated rings. The maximum Gasteiger partial charge on any atom is 0.262 e. The third-order valence-corrected chi connectivity index (χ3v) is 4.05. The van der Waals surface area contributed by atoms with Crippen molar-refractivity contribution in [2.24, 2.45) is 0 Å². The minimum absolute atomic E-state index is 0.0195. The molecule has 4 rings (SSSR count). The lowest BCUT2D eigenvalue weighted by Crippen LogP contribution is -2.25. The number of ketones is 1. The Labute approximate surface area is 148 Å². The Morgan fingerprint density at radius 1 is 1.19 bits per heavy atom. The second-order valence-corrected chi connectivity index (χ2v) is 5.91. The summed E-state index contributed by atoms with van der Waals surface area (Å²) in [5.41, 5.74) is 2.84. The van der Waals surface area contributed by atoms with Crippen LogP contribution in [0.4, 0.5) is 10.1 Å². The molecule has 130 valence electrons. The van der Waals surface area contributed by atoms with Gasteiger partial charge < -0.3 is 10.1 Å². The molecular weight excluding hydrogens is 337 g/mol. The average Bonchev–Trinajstić information content (AvgIpc) is 3.07. The van der Waals surface area contributed by atoms with Gasteiger partial charge in [0.05, 0.1) is 17.1 Å². The van der Waals surface area contributed by atoms with Crippen molar-refractivity contribution >= 4 is 17.4 Å². The van der Waals surface area contributed by atoms with Crippen LogP contribution < -0.4 is 10.1 Å². The van der Waals surface area contributed by atoms with Gasteiger partial charge in [-0.3, -0.25) is 9.59 Å². The number of hydrogen-bond donors (Lipinski definition) is 1. The second kappa shape index (κ2) is 6.11. The van der Waals surface area contributed by atoms with E-state index in [1.54, 1.807) is 35.0 Å². The van der Waals surface area contributed by atoms with E-state index in [0.29, 0.717) is 28.5 Å². The zero-order valence-corrected chi connectivity index (χ0v) is 13.8. The van der Waals surface area contributed by atoms with Crippen LogP contribution in [0.3, 0.4) is 0 Å². The molecule has 0 radical (unpaired) electrons. The number of hydrogen-bond acceptors (Lipinski definition) is 4. The van der Waals surface area contributed by atoms with Gasteiger partial charge in [0, 0.05) is 12.5 Å². The molecule has 0 saturated carbocycles. The number of halogens is 1. The molecule has 2 heterocycles. The molecule has 7 heteroatoms. The van der Waals surface area contributed by atoms with Crippen LogP contribution in [-0.2, 0) is 4.79 Å². The van der Waals surface area contributed by atoms with Crippen molar-refractivity contribution in [3.8, 4) is 22.7 Å². The zero-order chi connectivity index (χ0) is 18.3. The van der Waals surface area contributed by atoms with Crippen molar-refractivity contribution in [1.82, 2.24) is 9.78 Å². The second-order valence-electron chi connectivity index (χ2n) is 5.91. The quantitative estimate of drug-likeness (QED) is 0.736. The fraction of sp³-hybridized carbons (Fsp3) is 0.105. The highest BCUT2D eigenvalue weighted by Gasteiger charge is 2.19. The largest absolute Gasteiger partial charge is 0.482 e. The normalized spacial score (nSPS) is 12.9. The Kier molecular flexibility index (Phi) is 3.76. The molecule has 0 saturated heterocycles. The van der Waals surface area contributed by atoms with Crippen LogP contribution in [0, 0.1) is 5.82 Å². The number of Topliss-reactive ketones (excluding diaryl/α,β-unsaturated/α-hetero) is 1. The first kappa shape index (κ1) is 16.0. The van der Waals surface area contributed by atoms with Crippen molar-refractivity contribution in [3.05, 3.63) is 60.0 Å². The Morgan fingerprint density at radius 2 is 1.96 bits per heavy atom. The number of ether oxygens (including phenoxy) is 1. The lowest BCUT2D eigenvalue weighted by Gasteiger charge is -2.18. The summed E-state index contributed by atoms with van der Waals surface area (Å²) in [7, 11) is 0. The van der Waals surface area contributed by atoms with Gasteiger partial charge in [-0.1, -0.05) is 0 Å². The summed E-state index contributed by atoms with van der Waals surface area (Å²) >= 11 is 0. The van der Waals surface area contributed by atoms with E-state index >= 15 is 0 Å². The molecule has 0 spiro atoms. The monoisotopic (exact) mass is 351 g/mol. The molecule has 1 aromatic heterocycles. The molecule has 0 aliphatic carbocycles. The third kappa shape index (κ3) is 2.83. The molecule has 1 N–H and O–H groups in total. The van der Waals surface area contributed by atoms with Crippen molar-refractivity contribution in [3.63, 3.8) is 0 Å². The van der Waals surface area contributed by atoms with Gasteiger partial charge in [-0.25, -0.2) is 9.07 Å². The van der Waals surface area contributed by atoms with Crippen molar-refractivity contribution < 1.29 is 18.7 Å². The summed E-state index contributed by atoms with van der Waals surface area (Å²) in [4.78, 5) is 23.3. The zero-order valence-electron chi connectivity index (χ0n) is 13.8. The van der Waals surface area contributed by atoms with Crippen LogP contribution in [0.5, 0.6) is 5.75 Å². The van der Waals surface area contributed by atoms with Crippen LogP contribution in [0.15, 0.2) is 48.5 Å². The molecule has 0 bridgehead atoms. The molecule has 0 atom stereocenters. The van der Waals surface area contributed by atoms with E-state index in [-0.39, 0.29) is 24.1 Å². The van der Waals surface area contributed by atoms with E-state index in [1.165, 1.54) is 19.1 Å². The van der Waals surface area contributed by atoms with E-state index in [2.05, 4.69) is 10.4 Å². The predicted molar refractivity (Wildman–Crippen MR) is 93.1 cm³/mol. The van der Waals surface area contributed by atoms with Gasteiger partial charge in [-0.15, -0.1) is 0 Å². The third-order valence-electron chi connectivity index (χ3n) is 4.05. The topological polar surface area (TPSA) is 73.2 Å². The first-order valence-corrected chi connectivity index (χ1v) is 7.95. The molecule has 3 aromatic rings. The number of carbonyl (C=O) groups excluding carboxylic acids is 2. The Bertz CT molecular complexity index is 1030. The van der Waals surface area contributed by atoms with Crippen molar-refractivity contribution in [2.75, 3.05) is 11.9 Å². The van der Waals surface area contributed by atoms with Gasteiger partial charge in [0.2, 0.25) is 0 Å². The van der Waals surface area contributed by atoms with Crippen LogP contribution in [-0.4, -0.2) is 28.1 Å². The van der Waals surface area contributed by atoms with Crippen LogP contribution in [0.2, 0.25) is 0 Å². The summed E-state index contributed by atoms with van der Waals surface area (Å²) in [6.45, 7) is 1.41. The number of anilines is 1. The summed E-state index contributed by atoms with van der Waals surface area (Å²) in [5, 5.41) is 7.10. The van der Waals surface area contributed by atoms with Gasteiger partial charge in [0.25, 0.3) is 5.91 Å². The molecule has 26 heavy (non-hydrogen) atoms. The van der Waals surface area contributed by atoms with Gasteiger partial charge in [-0.2, -0.15) is 5.10 Å². The average molecular weight is 351 g/mol. The maximum atomic E-state index is 13.2.